The van der Waals surface area contributed by atoms with Crippen molar-refractivity contribution in [1.29, 1.82) is 0 Å². The molecule has 0 unspecified atom stereocenters. The molecule has 3 N–H and O–H groups in total. The van der Waals surface area contributed by atoms with Crippen molar-refractivity contribution in [3.8, 4) is 0 Å². The van der Waals surface area contributed by atoms with Crippen LogP contribution >= 0.6 is 11.3 Å². The SMILES string of the molecule is CCn1nc(C(C)C)cc1C(=O)Nc1ncc(C(N)=O)s1. The molecule has 0 bridgehead atoms. The maximum Gasteiger partial charge on any atom is 0.275 e. The molecule has 0 saturated carbocycles. The summed E-state index contributed by atoms with van der Waals surface area (Å²) in [4.78, 5) is 27.6. The Labute approximate surface area is 126 Å². The smallest absolute Gasteiger partial charge is 0.275 e. The van der Waals surface area contributed by atoms with Crippen LogP contribution in [0.3, 0.4) is 0 Å². The largest absolute Gasteiger partial charge is 0.365 e. The van der Waals surface area contributed by atoms with E-state index in [1.54, 1.807) is 10.7 Å². The topological polar surface area (TPSA) is 103 Å². The normalized spacial score (nSPS) is 10.9. The van der Waals surface area contributed by atoms with Gasteiger partial charge in [-0.3, -0.25) is 19.6 Å². The highest BCUT2D eigenvalue weighted by Gasteiger charge is 2.17. The number of nitrogens with one attached hydrogen (secondary N) is 1. The average molecular weight is 307 g/mol. The first-order valence-corrected chi connectivity index (χ1v) is 7.38. The van der Waals surface area contributed by atoms with Crippen LogP contribution in [0.4, 0.5) is 5.13 Å². The number of carbonyl (C=O) groups excluding carboxylic acids is 2. The first-order valence-electron chi connectivity index (χ1n) is 6.57. The molecule has 2 aromatic heterocycles. The van der Waals surface area contributed by atoms with Gasteiger partial charge in [0.25, 0.3) is 11.8 Å². The van der Waals surface area contributed by atoms with Gasteiger partial charge in [0.1, 0.15) is 10.6 Å². The van der Waals surface area contributed by atoms with Crippen LogP contribution in [0.1, 0.15) is 52.5 Å². The fourth-order valence-corrected chi connectivity index (χ4v) is 2.41. The minimum Gasteiger partial charge on any atom is -0.365 e. The zero-order valence-electron chi connectivity index (χ0n) is 12.1. The highest BCUT2D eigenvalue weighted by atomic mass is 32.1. The molecular weight excluding hydrogens is 290 g/mol. The van der Waals surface area contributed by atoms with Gasteiger partial charge in [0.05, 0.1) is 11.9 Å². The number of rotatable bonds is 5. The van der Waals surface area contributed by atoms with Gasteiger partial charge in [-0.25, -0.2) is 4.98 Å². The van der Waals surface area contributed by atoms with Crippen LogP contribution in [0.15, 0.2) is 12.3 Å². The minimum atomic E-state index is -0.561. The number of amides is 2. The molecule has 0 aliphatic heterocycles. The summed E-state index contributed by atoms with van der Waals surface area (Å²) >= 11 is 1.04. The van der Waals surface area contributed by atoms with Gasteiger partial charge in [-0.1, -0.05) is 25.2 Å². The van der Waals surface area contributed by atoms with E-state index in [1.165, 1.54) is 6.20 Å². The zero-order chi connectivity index (χ0) is 15.6. The van der Waals surface area contributed by atoms with Crippen molar-refractivity contribution >= 4 is 28.3 Å². The average Bonchev–Trinajstić information content (AvgIpc) is 3.04. The molecule has 2 heterocycles. The summed E-state index contributed by atoms with van der Waals surface area (Å²) in [6, 6.07) is 1.77. The molecule has 2 aromatic rings. The standard InChI is InChI=1S/C13H17N5O2S/c1-4-18-9(5-8(17-18)7(2)3)12(20)16-13-15-6-10(21-13)11(14)19/h5-7H,4H2,1-3H3,(H2,14,19)(H,15,16,20). The van der Waals surface area contributed by atoms with E-state index in [0.717, 1.165) is 17.0 Å². The Morgan fingerprint density at radius 1 is 1.48 bits per heavy atom. The van der Waals surface area contributed by atoms with Crippen LogP contribution in [0.25, 0.3) is 0 Å². The number of nitrogens with two attached hydrogens (primary N) is 1. The fraction of sp³-hybridized carbons (Fsp3) is 0.385. The number of hydrogen-bond acceptors (Lipinski definition) is 5. The monoisotopic (exact) mass is 307 g/mol. The van der Waals surface area contributed by atoms with Crippen LogP contribution in [-0.4, -0.2) is 26.6 Å². The lowest BCUT2D eigenvalue weighted by molar-refractivity contribution is 0.0998. The van der Waals surface area contributed by atoms with Crippen LogP contribution in [0.2, 0.25) is 0 Å². The van der Waals surface area contributed by atoms with E-state index in [4.69, 9.17) is 5.73 Å². The summed E-state index contributed by atoms with van der Waals surface area (Å²) in [5.74, 6) is -0.624. The highest BCUT2D eigenvalue weighted by molar-refractivity contribution is 7.17. The van der Waals surface area contributed by atoms with Crippen molar-refractivity contribution in [2.75, 3.05) is 5.32 Å². The second kappa shape index (κ2) is 6.04. The van der Waals surface area contributed by atoms with Crippen molar-refractivity contribution in [1.82, 2.24) is 14.8 Å². The molecule has 0 saturated heterocycles. The van der Waals surface area contributed by atoms with Gasteiger partial charge >= 0.3 is 0 Å². The predicted molar refractivity (Wildman–Crippen MR) is 80.6 cm³/mol. The molecule has 2 amide bonds. The van der Waals surface area contributed by atoms with Crippen LogP contribution in [0, 0.1) is 0 Å². The Morgan fingerprint density at radius 2 is 2.19 bits per heavy atom. The zero-order valence-corrected chi connectivity index (χ0v) is 12.9. The van der Waals surface area contributed by atoms with Crippen molar-refractivity contribution in [3.63, 3.8) is 0 Å². The van der Waals surface area contributed by atoms with E-state index < -0.39 is 5.91 Å². The van der Waals surface area contributed by atoms with E-state index in [0.29, 0.717) is 22.2 Å². The number of nitrogens with zero attached hydrogens (tertiary/aromatic N) is 3. The summed E-state index contributed by atoms with van der Waals surface area (Å²) in [7, 11) is 0. The molecular formula is C13H17N5O2S. The van der Waals surface area contributed by atoms with E-state index in [9.17, 15) is 9.59 Å². The molecule has 0 atom stereocenters. The van der Waals surface area contributed by atoms with Crippen molar-refractivity contribution in [2.45, 2.75) is 33.2 Å². The Kier molecular flexibility index (Phi) is 4.37. The molecule has 21 heavy (non-hydrogen) atoms. The summed E-state index contributed by atoms with van der Waals surface area (Å²) in [6.45, 7) is 6.55. The Bertz CT molecular complexity index is 674. The molecule has 0 radical (unpaired) electrons. The highest BCUT2D eigenvalue weighted by Crippen LogP contribution is 2.20. The van der Waals surface area contributed by atoms with Crippen molar-refractivity contribution in [2.24, 2.45) is 5.73 Å². The first kappa shape index (κ1) is 15.2. The Balaban J connectivity index is 2.21. The molecule has 2 rings (SSSR count). The van der Waals surface area contributed by atoms with Crippen LogP contribution in [0.5, 0.6) is 0 Å². The van der Waals surface area contributed by atoms with Gasteiger partial charge < -0.3 is 5.73 Å². The summed E-state index contributed by atoms with van der Waals surface area (Å²) in [5, 5.41) is 7.39. The van der Waals surface area contributed by atoms with Gasteiger partial charge in [0.15, 0.2) is 5.13 Å². The maximum atomic E-state index is 12.3. The molecule has 8 heteroatoms. The number of aromatic nitrogens is 3. The van der Waals surface area contributed by atoms with Gasteiger partial charge in [0.2, 0.25) is 0 Å². The Hall–Kier alpha value is -2.22. The van der Waals surface area contributed by atoms with Crippen molar-refractivity contribution in [3.05, 3.63) is 28.5 Å². The number of thiazole rings is 1. The third kappa shape index (κ3) is 3.27. The van der Waals surface area contributed by atoms with Gasteiger partial charge in [-0.2, -0.15) is 5.10 Å². The quantitative estimate of drug-likeness (QED) is 0.879. The summed E-state index contributed by atoms with van der Waals surface area (Å²) in [6.07, 6.45) is 1.35. The third-order valence-electron chi connectivity index (χ3n) is 2.89. The predicted octanol–water partition coefficient (Wildman–Crippen LogP) is 1.83. The molecule has 0 aromatic carbocycles. The van der Waals surface area contributed by atoms with E-state index in [-0.39, 0.29) is 11.8 Å². The lowest BCUT2D eigenvalue weighted by atomic mass is 10.1. The lowest BCUT2D eigenvalue weighted by Crippen LogP contribution is -2.17. The first-order chi connectivity index (χ1) is 9.92. The summed E-state index contributed by atoms with van der Waals surface area (Å²) in [5.41, 5.74) is 6.49. The Morgan fingerprint density at radius 3 is 2.71 bits per heavy atom. The molecule has 0 fully saturated rings. The molecule has 112 valence electrons. The van der Waals surface area contributed by atoms with Crippen LogP contribution in [-0.2, 0) is 6.54 Å². The number of aryl methyl sites for hydroxylation is 1. The third-order valence-corrected chi connectivity index (χ3v) is 3.82. The van der Waals surface area contributed by atoms with Gasteiger partial charge in [-0.05, 0) is 18.9 Å². The molecule has 0 aliphatic carbocycles. The van der Waals surface area contributed by atoms with E-state index in [2.05, 4.69) is 15.4 Å². The number of anilines is 1. The maximum absolute atomic E-state index is 12.3. The second-order valence-electron chi connectivity index (χ2n) is 4.77. The minimum absolute atomic E-state index is 0.241. The van der Waals surface area contributed by atoms with Crippen molar-refractivity contribution < 1.29 is 9.59 Å². The summed E-state index contributed by atoms with van der Waals surface area (Å²) < 4.78 is 1.65. The van der Waals surface area contributed by atoms with Gasteiger partial charge in [0, 0.05) is 6.54 Å². The molecule has 0 spiro atoms. The van der Waals surface area contributed by atoms with Gasteiger partial charge in [-0.15, -0.1) is 0 Å². The molecule has 7 nitrogen and oxygen atoms in total. The van der Waals surface area contributed by atoms with E-state index >= 15 is 0 Å². The molecule has 0 aliphatic rings. The van der Waals surface area contributed by atoms with Crippen LogP contribution < -0.4 is 11.1 Å². The fourth-order valence-electron chi connectivity index (χ4n) is 1.75. The number of primary amides is 1. The number of hydrogen-bond donors (Lipinski definition) is 2. The lowest BCUT2D eigenvalue weighted by Gasteiger charge is -2.03. The van der Waals surface area contributed by atoms with E-state index in [1.807, 2.05) is 20.8 Å². The number of carbonyl (C=O) groups is 2. The second-order valence-corrected chi connectivity index (χ2v) is 5.80.